The molecule has 2 rings (SSSR count). The molecule has 0 radical (unpaired) electrons. The van der Waals surface area contributed by atoms with E-state index >= 15 is 0 Å². The second kappa shape index (κ2) is 3.84. The molecule has 0 saturated heterocycles. The van der Waals surface area contributed by atoms with Gasteiger partial charge in [-0.1, -0.05) is 0 Å². The van der Waals surface area contributed by atoms with Gasteiger partial charge in [-0.25, -0.2) is 4.98 Å². The average molecular weight is 233 g/mol. The van der Waals surface area contributed by atoms with Crippen LogP contribution in [0.2, 0.25) is 0 Å². The summed E-state index contributed by atoms with van der Waals surface area (Å²) in [6, 6.07) is 3.18. The number of rotatable bonds is 1. The molecule has 2 heterocycles. The van der Waals surface area contributed by atoms with E-state index in [9.17, 15) is 4.79 Å². The highest BCUT2D eigenvalue weighted by molar-refractivity contribution is 5.70. The smallest absolute Gasteiger partial charge is 0.252 e. The highest BCUT2D eigenvalue weighted by atomic mass is 16.5. The SMILES string of the molecule is COc1cnc2ccc(=O)n(C(C)(C)C)c2n1. The molecule has 0 saturated carbocycles. The molecule has 5 heteroatoms. The number of pyridine rings is 1. The molecule has 2 aromatic heterocycles. The minimum atomic E-state index is -0.350. The van der Waals surface area contributed by atoms with Crippen LogP contribution in [0, 0.1) is 0 Å². The summed E-state index contributed by atoms with van der Waals surface area (Å²) in [6.07, 6.45) is 1.54. The van der Waals surface area contributed by atoms with Gasteiger partial charge in [0.25, 0.3) is 5.56 Å². The lowest BCUT2D eigenvalue weighted by molar-refractivity contribution is 0.382. The van der Waals surface area contributed by atoms with Crippen molar-refractivity contribution in [1.82, 2.24) is 14.5 Å². The molecule has 0 amide bonds. The van der Waals surface area contributed by atoms with E-state index in [2.05, 4.69) is 9.97 Å². The molecule has 2 aromatic rings. The van der Waals surface area contributed by atoms with Gasteiger partial charge in [0, 0.05) is 11.6 Å². The van der Waals surface area contributed by atoms with Crippen molar-refractivity contribution in [2.75, 3.05) is 7.11 Å². The van der Waals surface area contributed by atoms with E-state index in [4.69, 9.17) is 4.74 Å². The van der Waals surface area contributed by atoms with Gasteiger partial charge in [-0.3, -0.25) is 9.36 Å². The Labute approximate surface area is 99.1 Å². The fraction of sp³-hybridized carbons (Fsp3) is 0.417. The van der Waals surface area contributed by atoms with Gasteiger partial charge in [0.2, 0.25) is 5.88 Å². The lowest BCUT2D eigenvalue weighted by Gasteiger charge is -2.23. The quantitative estimate of drug-likeness (QED) is 0.750. The van der Waals surface area contributed by atoms with E-state index in [1.165, 1.54) is 13.2 Å². The van der Waals surface area contributed by atoms with Crippen molar-refractivity contribution in [3.8, 4) is 5.88 Å². The Hall–Kier alpha value is -1.91. The molecule has 0 spiro atoms. The zero-order valence-electron chi connectivity index (χ0n) is 10.4. The fourth-order valence-electron chi connectivity index (χ4n) is 1.73. The van der Waals surface area contributed by atoms with Gasteiger partial charge in [-0.2, -0.15) is 4.98 Å². The Morgan fingerprint density at radius 3 is 2.59 bits per heavy atom. The van der Waals surface area contributed by atoms with E-state index < -0.39 is 0 Å². The van der Waals surface area contributed by atoms with E-state index in [1.807, 2.05) is 20.8 Å². The van der Waals surface area contributed by atoms with Crippen molar-refractivity contribution in [3.05, 3.63) is 28.7 Å². The monoisotopic (exact) mass is 233 g/mol. The Morgan fingerprint density at radius 2 is 2.00 bits per heavy atom. The first-order chi connectivity index (χ1) is 7.93. The van der Waals surface area contributed by atoms with Crippen molar-refractivity contribution in [3.63, 3.8) is 0 Å². The maximum atomic E-state index is 11.9. The third kappa shape index (κ3) is 2.00. The zero-order valence-corrected chi connectivity index (χ0v) is 10.4. The summed E-state index contributed by atoms with van der Waals surface area (Å²) in [5.74, 6) is 0.404. The molecule has 90 valence electrons. The highest BCUT2D eigenvalue weighted by Crippen LogP contribution is 2.18. The van der Waals surface area contributed by atoms with Gasteiger partial charge in [0.15, 0.2) is 5.65 Å². The summed E-state index contributed by atoms with van der Waals surface area (Å²) in [5, 5.41) is 0. The van der Waals surface area contributed by atoms with Crippen LogP contribution < -0.4 is 10.3 Å². The largest absolute Gasteiger partial charge is 0.480 e. The predicted molar refractivity (Wildman–Crippen MR) is 65.3 cm³/mol. The molecular formula is C12H15N3O2. The molecule has 0 aromatic carbocycles. The van der Waals surface area contributed by atoms with Crippen LogP contribution >= 0.6 is 0 Å². The van der Waals surface area contributed by atoms with Gasteiger partial charge in [-0.15, -0.1) is 0 Å². The normalized spacial score (nSPS) is 11.8. The number of hydrogen-bond acceptors (Lipinski definition) is 4. The van der Waals surface area contributed by atoms with Crippen molar-refractivity contribution in [2.45, 2.75) is 26.3 Å². The van der Waals surface area contributed by atoms with Crippen LogP contribution in [0.5, 0.6) is 5.88 Å². The van der Waals surface area contributed by atoms with Crippen LogP contribution in [-0.2, 0) is 5.54 Å². The average Bonchev–Trinajstić information content (AvgIpc) is 2.26. The summed E-state index contributed by atoms with van der Waals surface area (Å²) in [4.78, 5) is 20.5. The van der Waals surface area contributed by atoms with Crippen LogP contribution in [0.25, 0.3) is 11.2 Å². The third-order valence-electron chi connectivity index (χ3n) is 2.46. The molecule has 0 fully saturated rings. The maximum Gasteiger partial charge on any atom is 0.252 e. The molecule has 17 heavy (non-hydrogen) atoms. The number of ether oxygens (including phenoxy) is 1. The third-order valence-corrected chi connectivity index (χ3v) is 2.46. The molecule has 0 aliphatic rings. The lowest BCUT2D eigenvalue weighted by Crippen LogP contribution is -2.34. The van der Waals surface area contributed by atoms with Crippen molar-refractivity contribution in [1.29, 1.82) is 0 Å². The van der Waals surface area contributed by atoms with Crippen LogP contribution in [0.3, 0.4) is 0 Å². The standard InChI is InChI=1S/C12H15N3O2/c1-12(2,3)15-10(16)6-5-8-11(15)14-9(17-4)7-13-8/h5-7H,1-4H3. The molecule has 5 nitrogen and oxygen atoms in total. The summed E-state index contributed by atoms with van der Waals surface area (Å²) in [5.41, 5.74) is 0.787. The Bertz CT molecular complexity index is 611. The van der Waals surface area contributed by atoms with Crippen LogP contribution in [0.1, 0.15) is 20.8 Å². The Balaban J connectivity index is 2.88. The number of aromatic nitrogens is 3. The number of hydrogen-bond donors (Lipinski definition) is 0. The van der Waals surface area contributed by atoms with Crippen molar-refractivity contribution < 1.29 is 4.74 Å². The molecule has 0 N–H and O–H groups in total. The van der Waals surface area contributed by atoms with Crippen LogP contribution in [0.4, 0.5) is 0 Å². The van der Waals surface area contributed by atoms with E-state index in [0.29, 0.717) is 17.0 Å². The second-order valence-electron chi connectivity index (χ2n) is 4.80. The number of fused-ring (bicyclic) bond motifs is 1. The molecule has 0 atom stereocenters. The zero-order chi connectivity index (χ0) is 12.6. The molecular weight excluding hydrogens is 218 g/mol. The second-order valence-corrected chi connectivity index (χ2v) is 4.80. The molecule has 0 aliphatic heterocycles. The van der Waals surface area contributed by atoms with Crippen molar-refractivity contribution in [2.24, 2.45) is 0 Å². The Kier molecular flexibility index (Phi) is 2.61. The first-order valence-corrected chi connectivity index (χ1v) is 5.37. The molecule has 0 bridgehead atoms. The lowest BCUT2D eigenvalue weighted by atomic mass is 10.1. The number of methoxy groups -OCH3 is 1. The minimum absolute atomic E-state index is 0.0902. The molecule has 0 unspecified atom stereocenters. The highest BCUT2D eigenvalue weighted by Gasteiger charge is 2.18. The molecule has 0 aliphatic carbocycles. The Morgan fingerprint density at radius 1 is 1.29 bits per heavy atom. The summed E-state index contributed by atoms with van der Waals surface area (Å²) in [7, 11) is 1.53. The van der Waals surface area contributed by atoms with Gasteiger partial charge >= 0.3 is 0 Å². The van der Waals surface area contributed by atoms with Crippen LogP contribution in [-0.4, -0.2) is 21.6 Å². The van der Waals surface area contributed by atoms with E-state index in [1.54, 1.807) is 16.8 Å². The van der Waals surface area contributed by atoms with E-state index in [-0.39, 0.29) is 11.1 Å². The van der Waals surface area contributed by atoms with Gasteiger partial charge in [0.05, 0.1) is 13.3 Å². The first-order valence-electron chi connectivity index (χ1n) is 5.37. The predicted octanol–water partition coefficient (Wildman–Crippen LogP) is 1.56. The van der Waals surface area contributed by atoms with Gasteiger partial charge in [-0.05, 0) is 26.8 Å². The summed E-state index contributed by atoms with van der Waals surface area (Å²) in [6.45, 7) is 5.86. The maximum absolute atomic E-state index is 11.9. The topological polar surface area (TPSA) is 57.0 Å². The van der Waals surface area contributed by atoms with Crippen LogP contribution in [0.15, 0.2) is 23.1 Å². The van der Waals surface area contributed by atoms with Gasteiger partial charge < -0.3 is 4.74 Å². The first kappa shape index (κ1) is 11.6. The summed E-state index contributed by atoms with van der Waals surface area (Å²) >= 11 is 0. The number of nitrogens with zero attached hydrogens (tertiary/aromatic N) is 3. The van der Waals surface area contributed by atoms with Gasteiger partial charge in [0.1, 0.15) is 5.52 Å². The minimum Gasteiger partial charge on any atom is -0.480 e. The summed E-state index contributed by atoms with van der Waals surface area (Å²) < 4.78 is 6.66. The van der Waals surface area contributed by atoms with E-state index in [0.717, 1.165) is 0 Å². The fourth-order valence-corrected chi connectivity index (χ4v) is 1.73. The van der Waals surface area contributed by atoms with Crippen molar-refractivity contribution >= 4 is 11.2 Å².